The smallest absolute Gasteiger partial charge is 0.278 e. The number of carbonyl (C=O) groups is 1. The van der Waals surface area contributed by atoms with Crippen LogP contribution in [0.15, 0.2) is 18.2 Å². The number of nitrogen functional groups attached to an aromatic ring is 1. The van der Waals surface area contributed by atoms with Gasteiger partial charge in [0.15, 0.2) is 17.2 Å². The van der Waals surface area contributed by atoms with Gasteiger partial charge in [0.25, 0.3) is 5.91 Å². The van der Waals surface area contributed by atoms with Gasteiger partial charge in [0.1, 0.15) is 0 Å². The molecule has 0 saturated carbocycles. The number of hydrogen-bond donors (Lipinski definition) is 3. The van der Waals surface area contributed by atoms with Crippen LogP contribution in [0.1, 0.15) is 29.5 Å². The average molecular weight is 288 g/mol. The number of rotatable bonds is 4. The fourth-order valence-corrected chi connectivity index (χ4v) is 2.17. The van der Waals surface area contributed by atoms with Crippen LogP contribution >= 0.6 is 0 Å². The monoisotopic (exact) mass is 288 g/mol. The summed E-state index contributed by atoms with van der Waals surface area (Å²) in [5.41, 5.74) is 7.92. The maximum Gasteiger partial charge on any atom is 0.278 e. The van der Waals surface area contributed by atoms with Gasteiger partial charge in [-0.05, 0) is 18.6 Å². The van der Waals surface area contributed by atoms with E-state index in [2.05, 4.69) is 15.5 Å². The number of anilines is 2. The zero-order valence-corrected chi connectivity index (χ0v) is 11.6. The molecule has 4 N–H and O–H groups in total. The van der Waals surface area contributed by atoms with E-state index in [0.717, 1.165) is 18.5 Å². The van der Waals surface area contributed by atoms with Gasteiger partial charge < -0.3 is 20.5 Å². The molecular weight excluding hydrogens is 272 g/mol. The first kappa shape index (κ1) is 13.3. The van der Waals surface area contributed by atoms with Gasteiger partial charge >= 0.3 is 0 Å². The van der Waals surface area contributed by atoms with Gasteiger partial charge in [0, 0.05) is 11.8 Å². The van der Waals surface area contributed by atoms with Crippen molar-refractivity contribution in [2.45, 2.75) is 19.8 Å². The number of nitrogens with one attached hydrogen (secondary N) is 2. The normalized spacial score (nSPS) is 12.4. The summed E-state index contributed by atoms with van der Waals surface area (Å²) in [5.74, 6) is 0.914. The van der Waals surface area contributed by atoms with Crippen LogP contribution in [0.25, 0.3) is 0 Å². The molecule has 21 heavy (non-hydrogen) atoms. The molecule has 1 aliphatic heterocycles. The van der Waals surface area contributed by atoms with Crippen LogP contribution in [0.2, 0.25) is 0 Å². The van der Waals surface area contributed by atoms with Gasteiger partial charge in [-0.15, -0.1) is 0 Å². The molecule has 2 aromatic rings. The van der Waals surface area contributed by atoms with Crippen molar-refractivity contribution in [1.82, 2.24) is 10.2 Å². The molecule has 0 aliphatic carbocycles. The van der Waals surface area contributed by atoms with E-state index in [9.17, 15) is 4.79 Å². The van der Waals surface area contributed by atoms with E-state index >= 15 is 0 Å². The molecule has 3 rings (SSSR count). The molecule has 0 radical (unpaired) electrons. The number of fused-ring (bicyclic) bond motifs is 1. The summed E-state index contributed by atoms with van der Waals surface area (Å²) in [4.78, 5) is 12.2. The molecule has 0 bridgehead atoms. The lowest BCUT2D eigenvalue weighted by Gasteiger charge is -2.05. The molecule has 1 aromatic heterocycles. The highest BCUT2D eigenvalue weighted by molar-refractivity contribution is 6.06. The number of nitrogens with zero attached hydrogens (tertiary/aromatic N) is 1. The van der Waals surface area contributed by atoms with Crippen LogP contribution in [0, 0.1) is 0 Å². The van der Waals surface area contributed by atoms with Crippen molar-refractivity contribution in [3.63, 3.8) is 0 Å². The molecule has 7 heteroatoms. The van der Waals surface area contributed by atoms with Crippen molar-refractivity contribution in [2.24, 2.45) is 0 Å². The molecule has 1 aliphatic rings. The Morgan fingerprint density at radius 2 is 2.24 bits per heavy atom. The molecule has 7 nitrogen and oxygen atoms in total. The Hall–Kier alpha value is -2.70. The standard InChI is InChI=1S/C14H16N4O3/c1-2-3-9-12(15)13(18-17-9)14(19)16-8-4-5-10-11(6-8)21-7-20-10/h4-6H,2-3,7,15H2,1H3,(H,16,19)(H,17,18). The Morgan fingerprint density at radius 1 is 1.43 bits per heavy atom. The number of benzene rings is 1. The summed E-state index contributed by atoms with van der Waals surface area (Å²) in [5, 5.41) is 9.53. The highest BCUT2D eigenvalue weighted by Gasteiger charge is 2.19. The van der Waals surface area contributed by atoms with Crippen molar-refractivity contribution >= 4 is 17.3 Å². The third-order valence-corrected chi connectivity index (χ3v) is 3.23. The van der Waals surface area contributed by atoms with Gasteiger partial charge in [-0.3, -0.25) is 9.89 Å². The SMILES string of the molecule is CCCc1[nH]nc(C(=O)Nc2ccc3c(c2)OCO3)c1N. The van der Waals surface area contributed by atoms with Crippen molar-refractivity contribution in [3.05, 3.63) is 29.6 Å². The molecule has 0 atom stereocenters. The van der Waals surface area contributed by atoms with E-state index in [1.165, 1.54) is 0 Å². The first-order chi connectivity index (χ1) is 10.2. The van der Waals surface area contributed by atoms with Gasteiger partial charge in [-0.1, -0.05) is 13.3 Å². The predicted molar refractivity (Wildman–Crippen MR) is 77.5 cm³/mol. The minimum Gasteiger partial charge on any atom is -0.454 e. The Kier molecular flexibility index (Phi) is 3.39. The van der Waals surface area contributed by atoms with Crippen LogP contribution in [-0.2, 0) is 6.42 Å². The summed E-state index contributed by atoms with van der Waals surface area (Å²) < 4.78 is 10.5. The van der Waals surface area contributed by atoms with Crippen LogP contribution < -0.4 is 20.5 Å². The van der Waals surface area contributed by atoms with Crippen molar-refractivity contribution in [1.29, 1.82) is 0 Å². The zero-order valence-electron chi connectivity index (χ0n) is 11.6. The number of nitrogens with two attached hydrogens (primary N) is 1. The highest BCUT2D eigenvalue weighted by Crippen LogP contribution is 2.34. The van der Waals surface area contributed by atoms with E-state index in [1.807, 2.05) is 6.92 Å². The van der Waals surface area contributed by atoms with Crippen LogP contribution in [0.3, 0.4) is 0 Å². The Morgan fingerprint density at radius 3 is 3.05 bits per heavy atom. The van der Waals surface area contributed by atoms with E-state index in [4.69, 9.17) is 15.2 Å². The van der Waals surface area contributed by atoms with Crippen molar-refractivity contribution < 1.29 is 14.3 Å². The predicted octanol–water partition coefficient (Wildman–Crippen LogP) is 1.93. The number of H-pyrrole nitrogens is 1. The lowest BCUT2D eigenvalue weighted by Crippen LogP contribution is -2.14. The van der Waals surface area contributed by atoms with Crippen LogP contribution in [0.5, 0.6) is 11.5 Å². The van der Waals surface area contributed by atoms with Gasteiger partial charge in [-0.2, -0.15) is 5.10 Å². The number of amides is 1. The van der Waals surface area contributed by atoms with Crippen LogP contribution in [0.4, 0.5) is 11.4 Å². The molecule has 0 unspecified atom stereocenters. The summed E-state index contributed by atoms with van der Waals surface area (Å²) in [6.45, 7) is 2.23. The molecule has 0 spiro atoms. The first-order valence-corrected chi connectivity index (χ1v) is 6.72. The number of carbonyl (C=O) groups excluding carboxylic acids is 1. The second-order valence-electron chi connectivity index (χ2n) is 4.74. The lowest BCUT2D eigenvalue weighted by atomic mass is 10.2. The molecule has 1 aromatic carbocycles. The topological polar surface area (TPSA) is 102 Å². The zero-order chi connectivity index (χ0) is 14.8. The second kappa shape index (κ2) is 5.35. The Balaban J connectivity index is 1.77. The number of aryl methyl sites for hydroxylation is 1. The molecule has 110 valence electrons. The summed E-state index contributed by atoms with van der Waals surface area (Å²) in [6.07, 6.45) is 1.69. The van der Waals surface area contributed by atoms with E-state index in [-0.39, 0.29) is 18.4 Å². The number of ether oxygens (including phenoxy) is 2. The van der Waals surface area contributed by atoms with Crippen molar-refractivity contribution in [3.8, 4) is 11.5 Å². The summed E-state index contributed by atoms with van der Waals surface area (Å²) in [6, 6.07) is 5.19. The fraction of sp³-hybridized carbons (Fsp3) is 0.286. The maximum atomic E-state index is 12.2. The Labute approximate surface area is 121 Å². The minimum atomic E-state index is -0.357. The molecule has 2 heterocycles. The third-order valence-electron chi connectivity index (χ3n) is 3.23. The molecular formula is C14H16N4O3. The summed E-state index contributed by atoms with van der Waals surface area (Å²) in [7, 11) is 0. The van der Waals surface area contributed by atoms with Gasteiger partial charge in [0.2, 0.25) is 6.79 Å². The maximum absolute atomic E-state index is 12.2. The average Bonchev–Trinajstić information content (AvgIpc) is 3.06. The number of aromatic amines is 1. The van der Waals surface area contributed by atoms with E-state index < -0.39 is 0 Å². The fourth-order valence-electron chi connectivity index (χ4n) is 2.17. The first-order valence-electron chi connectivity index (χ1n) is 6.72. The van der Waals surface area contributed by atoms with E-state index in [1.54, 1.807) is 18.2 Å². The van der Waals surface area contributed by atoms with Crippen molar-refractivity contribution in [2.75, 3.05) is 17.8 Å². The highest BCUT2D eigenvalue weighted by atomic mass is 16.7. The third kappa shape index (κ3) is 2.49. The molecule has 0 fully saturated rings. The second-order valence-corrected chi connectivity index (χ2v) is 4.74. The Bertz CT molecular complexity index is 681. The van der Waals surface area contributed by atoms with Crippen LogP contribution in [-0.4, -0.2) is 22.9 Å². The lowest BCUT2D eigenvalue weighted by molar-refractivity contribution is 0.102. The largest absolute Gasteiger partial charge is 0.454 e. The minimum absolute atomic E-state index is 0.194. The van der Waals surface area contributed by atoms with Gasteiger partial charge in [-0.25, -0.2) is 0 Å². The van der Waals surface area contributed by atoms with Gasteiger partial charge in [0.05, 0.1) is 11.4 Å². The summed E-state index contributed by atoms with van der Waals surface area (Å²) >= 11 is 0. The van der Waals surface area contributed by atoms with E-state index in [0.29, 0.717) is 22.9 Å². The molecule has 1 amide bonds. The quantitative estimate of drug-likeness (QED) is 0.797. The number of hydrogen-bond acceptors (Lipinski definition) is 5. The number of aromatic nitrogens is 2. The molecule has 0 saturated heterocycles.